The van der Waals surface area contributed by atoms with E-state index in [1.54, 1.807) is 24.3 Å². The van der Waals surface area contributed by atoms with Crippen molar-refractivity contribution in [3.63, 3.8) is 0 Å². The minimum absolute atomic E-state index is 0.0956. The normalized spacial score (nSPS) is 22.1. The highest BCUT2D eigenvalue weighted by molar-refractivity contribution is 5.45. The Morgan fingerprint density at radius 2 is 1.87 bits per heavy atom. The summed E-state index contributed by atoms with van der Waals surface area (Å²) in [7, 11) is 0. The SMILES string of the molecule is FC(F)(F)C1CCN(c2ccccc2)N1. The molecule has 1 heterocycles. The van der Waals surface area contributed by atoms with Gasteiger partial charge in [0, 0.05) is 6.54 Å². The van der Waals surface area contributed by atoms with Crippen molar-refractivity contribution in [2.45, 2.75) is 18.6 Å². The van der Waals surface area contributed by atoms with Crippen LogP contribution < -0.4 is 10.4 Å². The Morgan fingerprint density at radius 3 is 2.40 bits per heavy atom. The molecule has 0 aromatic heterocycles. The predicted octanol–water partition coefficient (Wildman–Crippen LogP) is 2.33. The zero-order valence-corrected chi connectivity index (χ0v) is 7.96. The van der Waals surface area contributed by atoms with Crippen molar-refractivity contribution in [2.75, 3.05) is 11.6 Å². The summed E-state index contributed by atoms with van der Waals surface area (Å²) < 4.78 is 37.1. The van der Waals surface area contributed by atoms with Crippen LogP contribution in [0.15, 0.2) is 30.3 Å². The van der Waals surface area contributed by atoms with Gasteiger partial charge < -0.3 is 5.01 Å². The fraction of sp³-hybridized carbons (Fsp3) is 0.400. The van der Waals surface area contributed by atoms with Gasteiger partial charge in [-0.2, -0.15) is 13.2 Å². The molecule has 0 amide bonds. The molecule has 0 radical (unpaired) electrons. The molecule has 1 N–H and O–H groups in total. The summed E-state index contributed by atoms with van der Waals surface area (Å²) in [4.78, 5) is 0. The predicted molar refractivity (Wildman–Crippen MR) is 51.4 cm³/mol. The first-order valence-corrected chi connectivity index (χ1v) is 4.73. The summed E-state index contributed by atoms with van der Waals surface area (Å²) in [6, 6.07) is 7.59. The molecule has 1 atom stereocenters. The molecule has 0 aliphatic carbocycles. The van der Waals surface area contributed by atoms with Crippen LogP contribution in [0.2, 0.25) is 0 Å². The van der Waals surface area contributed by atoms with Crippen LogP contribution in [-0.2, 0) is 0 Å². The second-order valence-corrected chi connectivity index (χ2v) is 3.50. The van der Waals surface area contributed by atoms with Crippen LogP contribution in [0.3, 0.4) is 0 Å². The molecule has 1 aromatic carbocycles. The Morgan fingerprint density at radius 1 is 1.20 bits per heavy atom. The van der Waals surface area contributed by atoms with Gasteiger partial charge in [-0.25, -0.2) is 5.43 Å². The summed E-state index contributed by atoms with van der Waals surface area (Å²) in [6.45, 7) is 0.383. The van der Waals surface area contributed by atoms with Crippen LogP contribution >= 0.6 is 0 Å². The third kappa shape index (κ3) is 2.23. The zero-order valence-electron chi connectivity index (χ0n) is 7.96. The third-order valence-electron chi connectivity index (χ3n) is 2.42. The van der Waals surface area contributed by atoms with E-state index in [9.17, 15) is 13.2 Å². The van der Waals surface area contributed by atoms with Crippen molar-refractivity contribution in [2.24, 2.45) is 0 Å². The Labute approximate surface area is 85.7 Å². The van der Waals surface area contributed by atoms with Crippen molar-refractivity contribution in [3.05, 3.63) is 30.3 Å². The maximum Gasteiger partial charge on any atom is 0.405 e. The monoisotopic (exact) mass is 216 g/mol. The molecule has 0 bridgehead atoms. The largest absolute Gasteiger partial charge is 0.405 e. The number of nitrogens with zero attached hydrogens (tertiary/aromatic N) is 1. The maximum atomic E-state index is 12.4. The van der Waals surface area contributed by atoms with Crippen LogP contribution in [0.1, 0.15) is 6.42 Å². The highest BCUT2D eigenvalue weighted by atomic mass is 19.4. The molecular formula is C10H11F3N2. The lowest BCUT2D eigenvalue weighted by atomic mass is 10.2. The third-order valence-corrected chi connectivity index (χ3v) is 2.42. The Hall–Kier alpha value is -1.23. The van der Waals surface area contributed by atoms with E-state index >= 15 is 0 Å². The van der Waals surface area contributed by atoms with Crippen LogP contribution in [0, 0.1) is 0 Å². The van der Waals surface area contributed by atoms with Gasteiger partial charge in [-0.15, -0.1) is 0 Å². The standard InChI is InChI=1S/C10H11F3N2/c11-10(12,13)9-6-7-15(14-9)8-4-2-1-3-5-8/h1-5,9,14H,6-7H2. The number of alkyl halides is 3. The van der Waals surface area contributed by atoms with Gasteiger partial charge in [0.25, 0.3) is 0 Å². The molecule has 2 rings (SSSR count). The van der Waals surface area contributed by atoms with Gasteiger partial charge in [-0.3, -0.25) is 0 Å². The second kappa shape index (κ2) is 3.73. The topological polar surface area (TPSA) is 15.3 Å². The summed E-state index contributed by atoms with van der Waals surface area (Å²) in [5.41, 5.74) is 3.22. The van der Waals surface area contributed by atoms with E-state index in [1.807, 2.05) is 6.07 Å². The van der Waals surface area contributed by atoms with Gasteiger partial charge >= 0.3 is 6.18 Å². The number of halogens is 3. The van der Waals surface area contributed by atoms with Gasteiger partial charge in [0.05, 0.1) is 5.69 Å². The van der Waals surface area contributed by atoms with E-state index < -0.39 is 12.2 Å². The second-order valence-electron chi connectivity index (χ2n) is 3.50. The lowest BCUT2D eigenvalue weighted by Gasteiger charge is -2.21. The molecule has 5 heteroatoms. The fourth-order valence-corrected chi connectivity index (χ4v) is 1.62. The minimum atomic E-state index is -4.16. The first-order valence-electron chi connectivity index (χ1n) is 4.73. The minimum Gasteiger partial charge on any atom is -0.308 e. The number of hydrogen-bond acceptors (Lipinski definition) is 2. The fourth-order valence-electron chi connectivity index (χ4n) is 1.62. The summed E-state index contributed by atoms with van der Waals surface area (Å²) in [5.74, 6) is 0. The molecule has 1 aliphatic heterocycles. The zero-order chi connectivity index (χ0) is 10.9. The van der Waals surface area contributed by atoms with E-state index in [-0.39, 0.29) is 6.42 Å². The number of para-hydroxylation sites is 1. The molecule has 1 unspecified atom stereocenters. The first kappa shape index (κ1) is 10.3. The summed E-state index contributed by atoms with van der Waals surface area (Å²) in [5, 5.41) is 1.54. The molecule has 82 valence electrons. The number of rotatable bonds is 1. The maximum absolute atomic E-state index is 12.4. The molecule has 1 saturated heterocycles. The quantitative estimate of drug-likeness (QED) is 0.775. The van der Waals surface area contributed by atoms with E-state index in [2.05, 4.69) is 5.43 Å². The molecule has 1 aliphatic rings. The molecular weight excluding hydrogens is 205 g/mol. The Kier molecular flexibility index (Phi) is 2.56. The highest BCUT2D eigenvalue weighted by Crippen LogP contribution is 2.28. The number of nitrogens with one attached hydrogen (secondary N) is 1. The summed E-state index contributed by atoms with van der Waals surface area (Å²) >= 11 is 0. The van der Waals surface area contributed by atoms with Crippen molar-refractivity contribution in [3.8, 4) is 0 Å². The van der Waals surface area contributed by atoms with Crippen LogP contribution in [-0.4, -0.2) is 18.8 Å². The lowest BCUT2D eigenvalue weighted by molar-refractivity contribution is -0.151. The first-order chi connectivity index (χ1) is 7.07. The molecule has 1 fully saturated rings. The van der Waals surface area contributed by atoms with Gasteiger partial charge in [0.15, 0.2) is 0 Å². The van der Waals surface area contributed by atoms with E-state index in [0.29, 0.717) is 6.54 Å². The van der Waals surface area contributed by atoms with Gasteiger partial charge in [-0.1, -0.05) is 18.2 Å². The van der Waals surface area contributed by atoms with E-state index in [4.69, 9.17) is 0 Å². The summed E-state index contributed by atoms with van der Waals surface area (Å²) in [6.07, 6.45) is -4.07. The van der Waals surface area contributed by atoms with Gasteiger partial charge in [0.1, 0.15) is 6.04 Å². The van der Waals surface area contributed by atoms with Crippen molar-refractivity contribution in [1.82, 2.24) is 5.43 Å². The van der Waals surface area contributed by atoms with Crippen molar-refractivity contribution >= 4 is 5.69 Å². The molecule has 0 saturated carbocycles. The molecule has 15 heavy (non-hydrogen) atoms. The van der Waals surface area contributed by atoms with Crippen LogP contribution in [0.4, 0.5) is 18.9 Å². The van der Waals surface area contributed by atoms with E-state index in [0.717, 1.165) is 5.69 Å². The van der Waals surface area contributed by atoms with Crippen molar-refractivity contribution < 1.29 is 13.2 Å². The number of anilines is 1. The average molecular weight is 216 g/mol. The highest BCUT2D eigenvalue weighted by Gasteiger charge is 2.43. The Balaban J connectivity index is 2.05. The van der Waals surface area contributed by atoms with E-state index in [1.165, 1.54) is 5.01 Å². The van der Waals surface area contributed by atoms with Crippen LogP contribution in [0.5, 0.6) is 0 Å². The smallest absolute Gasteiger partial charge is 0.308 e. The lowest BCUT2D eigenvalue weighted by Crippen LogP contribution is -2.43. The average Bonchev–Trinajstić information content (AvgIpc) is 2.67. The van der Waals surface area contributed by atoms with Gasteiger partial charge in [-0.05, 0) is 18.6 Å². The van der Waals surface area contributed by atoms with Gasteiger partial charge in [0.2, 0.25) is 0 Å². The number of hydrazine groups is 1. The Bertz CT molecular complexity index is 323. The number of benzene rings is 1. The number of hydrogen-bond donors (Lipinski definition) is 1. The van der Waals surface area contributed by atoms with Crippen LogP contribution in [0.25, 0.3) is 0 Å². The van der Waals surface area contributed by atoms with Crippen molar-refractivity contribution in [1.29, 1.82) is 0 Å². The molecule has 0 spiro atoms. The molecule has 2 nitrogen and oxygen atoms in total. The molecule has 1 aromatic rings.